The Hall–Kier alpha value is -1.85. The number of ether oxygens (including phenoxy) is 1. The first kappa shape index (κ1) is 11.6. The first-order valence-corrected chi connectivity index (χ1v) is 5.25. The maximum absolute atomic E-state index is 9.16. The standard InChI is InChI=1S/C12H12BNO3/c15-13(16)11-6-1-2-7-12(11)17-9-10-5-3-4-8-14-10/h1-8,15-16H,9H2. The van der Waals surface area contributed by atoms with E-state index in [1.807, 2.05) is 18.2 Å². The van der Waals surface area contributed by atoms with Crippen LogP contribution in [0.4, 0.5) is 0 Å². The van der Waals surface area contributed by atoms with Crippen molar-refractivity contribution < 1.29 is 14.8 Å². The second-order valence-electron chi connectivity index (χ2n) is 3.52. The van der Waals surface area contributed by atoms with Gasteiger partial charge in [-0.3, -0.25) is 4.98 Å². The van der Waals surface area contributed by atoms with Crippen molar-refractivity contribution in [1.82, 2.24) is 4.98 Å². The van der Waals surface area contributed by atoms with E-state index in [4.69, 9.17) is 14.8 Å². The van der Waals surface area contributed by atoms with E-state index in [-0.39, 0.29) is 0 Å². The molecule has 0 aliphatic carbocycles. The predicted molar refractivity (Wildman–Crippen MR) is 64.8 cm³/mol. The largest absolute Gasteiger partial charge is 0.492 e. The van der Waals surface area contributed by atoms with Crippen molar-refractivity contribution in [2.24, 2.45) is 0 Å². The molecule has 2 rings (SSSR count). The van der Waals surface area contributed by atoms with E-state index < -0.39 is 7.12 Å². The summed E-state index contributed by atoms with van der Waals surface area (Å²) in [6.07, 6.45) is 1.69. The van der Waals surface area contributed by atoms with Gasteiger partial charge in [-0.1, -0.05) is 24.3 Å². The smallest absolute Gasteiger partial charge is 0.488 e. The lowest BCUT2D eigenvalue weighted by molar-refractivity contribution is 0.302. The fourth-order valence-electron chi connectivity index (χ4n) is 1.46. The molecule has 2 N–H and O–H groups in total. The Balaban J connectivity index is 2.09. The van der Waals surface area contributed by atoms with Crippen molar-refractivity contribution in [3.63, 3.8) is 0 Å². The van der Waals surface area contributed by atoms with Gasteiger partial charge in [0.1, 0.15) is 12.4 Å². The summed E-state index contributed by atoms with van der Waals surface area (Å²) in [5.41, 5.74) is 1.14. The second kappa shape index (κ2) is 5.47. The highest BCUT2D eigenvalue weighted by atomic mass is 16.5. The van der Waals surface area contributed by atoms with Crippen LogP contribution in [-0.2, 0) is 6.61 Å². The zero-order valence-electron chi connectivity index (χ0n) is 9.15. The van der Waals surface area contributed by atoms with Crippen LogP contribution in [0.1, 0.15) is 5.69 Å². The molecule has 1 aromatic carbocycles. The van der Waals surface area contributed by atoms with Crippen molar-refractivity contribution in [2.45, 2.75) is 6.61 Å². The number of hydrogen-bond acceptors (Lipinski definition) is 4. The summed E-state index contributed by atoms with van der Waals surface area (Å²) in [6.45, 7) is 0.296. The van der Waals surface area contributed by atoms with Gasteiger partial charge in [0.2, 0.25) is 0 Å². The summed E-state index contributed by atoms with van der Waals surface area (Å²) >= 11 is 0. The topological polar surface area (TPSA) is 62.6 Å². The third-order valence-electron chi connectivity index (χ3n) is 2.30. The molecule has 17 heavy (non-hydrogen) atoms. The zero-order valence-corrected chi connectivity index (χ0v) is 9.15. The quantitative estimate of drug-likeness (QED) is 0.742. The van der Waals surface area contributed by atoms with Crippen molar-refractivity contribution >= 4 is 12.6 Å². The monoisotopic (exact) mass is 229 g/mol. The van der Waals surface area contributed by atoms with Gasteiger partial charge in [0.25, 0.3) is 0 Å². The number of para-hydroxylation sites is 1. The maximum Gasteiger partial charge on any atom is 0.492 e. The summed E-state index contributed by atoms with van der Waals surface area (Å²) in [4.78, 5) is 4.12. The van der Waals surface area contributed by atoms with Gasteiger partial charge < -0.3 is 14.8 Å². The summed E-state index contributed by atoms with van der Waals surface area (Å²) in [7, 11) is -1.53. The van der Waals surface area contributed by atoms with Gasteiger partial charge in [0, 0.05) is 11.7 Å². The minimum atomic E-state index is -1.53. The molecule has 0 aliphatic rings. The molecular weight excluding hydrogens is 217 g/mol. The number of aromatic nitrogens is 1. The Kier molecular flexibility index (Phi) is 3.75. The van der Waals surface area contributed by atoms with Crippen molar-refractivity contribution in [3.05, 3.63) is 54.4 Å². The van der Waals surface area contributed by atoms with Crippen molar-refractivity contribution in [3.8, 4) is 5.75 Å². The summed E-state index contributed by atoms with van der Waals surface area (Å²) in [6, 6.07) is 12.4. The first-order chi connectivity index (χ1) is 8.27. The second-order valence-corrected chi connectivity index (χ2v) is 3.52. The molecule has 4 nitrogen and oxygen atoms in total. The average molecular weight is 229 g/mol. The van der Waals surface area contributed by atoms with E-state index in [9.17, 15) is 0 Å². The van der Waals surface area contributed by atoms with Crippen LogP contribution in [0.2, 0.25) is 0 Å². The highest BCUT2D eigenvalue weighted by molar-refractivity contribution is 6.59. The molecule has 0 unspecified atom stereocenters. The van der Waals surface area contributed by atoms with E-state index in [0.717, 1.165) is 5.69 Å². The Labute approximate surface area is 99.7 Å². The van der Waals surface area contributed by atoms with Gasteiger partial charge in [-0.25, -0.2) is 0 Å². The minimum absolute atomic E-state index is 0.296. The molecule has 0 radical (unpaired) electrons. The van der Waals surface area contributed by atoms with Crippen LogP contribution < -0.4 is 10.2 Å². The molecule has 0 bridgehead atoms. The lowest BCUT2D eigenvalue weighted by Gasteiger charge is -2.10. The fourth-order valence-corrected chi connectivity index (χ4v) is 1.46. The summed E-state index contributed by atoms with van der Waals surface area (Å²) < 4.78 is 5.50. The molecule has 2 aromatic rings. The van der Waals surface area contributed by atoms with Crippen LogP contribution >= 0.6 is 0 Å². The van der Waals surface area contributed by atoms with E-state index in [1.54, 1.807) is 30.5 Å². The Morgan fingerprint density at radius 3 is 2.53 bits per heavy atom. The third-order valence-corrected chi connectivity index (χ3v) is 2.30. The average Bonchev–Trinajstić information content (AvgIpc) is 2.38. The molecular formula is C12H12BNO3. The molecule has 0 aliphatic heterocycles. The summed E-state index contributed by atoms with van der Waals surface area (Å²) in [5.74, 6) is 0.452. The van der Waals surface area contributed by atoms with Crippen LogP contribution in [0.5, 0.6) is 5.75 Å². The predicted octanol–water partition coefficient (Wildman–Crippen LogP) is 0.340. The normalized spacial score (nSPS) is 10.0. The van der Waals surface area contributed by atoms with Crippen molar-refractivity contribution in [2.75, 3.05) is 0 Å². The van der Waals surface area contributed by atoms with Gasteiger partial charge in [0.15, 0.2) is 0 Å². The van der Waals surface area contributed by atoms with E-state index in [2.05, 4.69) is 4.98 Å². The molecule has 1 aromatic heterocycles. The third kappa shape index (κ3) is 3.06. The number of nitrogens with zero attached hydrogens (tertiary/aromatic N) is 1. The van der Waals surface area contributed by atoms with Crippen molar-refractivity contribution in [1.29, 1.82) is 0 Å². The molecule has 0 amide bonds. The van der Waals surface area contributed by atoms with Gasteiger partial charge >= 0.3 is 7.12 Å². The number of rotatable bonds is 4. The molecule has 0 fully saturated rings. The number of pyridine rings is 1. The molecule has 0 spiro atoms. The number of hydrogen-bond donors (Lipinski definition) is 2. The van der Waals surface area contributed by atoms with Crippen LogP contribution in [0.3, 0.4) is 0 Å². The highest BCUT2D eigenvalue weighted by Crippen LogP contribution is 2.09. The SMILES string of the molecule is OB(O)c1ccccc1OCc1ccccn1. The molecule has 0 atom stereocenters. The summed E-state index contributed by atoms with van der Waals surface area (Å²) in [5, 5.41) is 18.3. The Morgan fingerprint density at radius 2 is 1.82 bits per heavy atom. The van der Waals surface area contributed by atoms with E-state index >= 15 is 0 Å². The number of benzene rings is 1. The molecule has 86 valence electrons. The molecule has 0 saturated heterocycles. The Morgan fingerprint density at radius 1 is 1.06 bits per heavy atom. The van der Waals surface area contributed by atoms with Gasteiger partial charge in [-0.05, 0) is 18.2 Å². The van der Waals surface area contributed by atoms with Gasteiger partial charge in [0.05, 0.1) is 5.69 Å². The van der Waals surface area contributed by atoms with Crippen LogP contribution in [0.15, 0.2) is 48.7 Å². The van der Waals surface area contributed by atoms with Gasteiger partial charge in [-0.15, -0.1) is 0 Å². The fraction of sp³-hybridized carbons (Fsp3) is 0.0833. The molecule has 0 saturated carbocycles. The lowest BCUT2D eigenvalue weighted by Crippen LogP contribution is -2.31. The molecule has 1 heterocycles. The van der Waals surface area contributed by atoms with E-state index in [0.29, 0.717) is 17.8 Å². The van der Waals surface area contributed by atoms with Crippen LogP contribution in [-0.4, -0.2) is 22.2 Å². The Bertz CT molecular complexity index is 476. The minimum Gasteiger partial charge on any atom is -0.488 e. The van der Waals surface area contributed by atoms with Crippen LogP contribution in [0, 0.1) is 0 Å². The van der Waals surface area contributed by atoms with E-state index in [1.165, 1.54) is 0 Å². The maximum atomic E-state index is 9.16. The first-order valence-electron chi connectivity index (χ1n) is 5.25. The van der Waals surface area contributed by atoms with Crippen LogP contribution in [0.25, 0.3) is 0 Å². The lowest BCUT2D eigenvalue weighted by atomic mass is 9.79. The highest BCUT2D eigenvalue weighted by Gasteiger charge is 2.16. The molecule has 5 heteroatoms. The van der Waals surface area contributed by atoms with Gasteiger partial charge in [-0.2, -0.15) is 0 Å². The zero-order chi connectivity index (χ0) is 12.1.